The van der Waals surface area contributed by atoms with Gasteiger partial charge in [0.25, 0.3) is 0 Å². The molecule has 19 heavy (non-hydrogen) atoms. The normalized spacial score (nSPS) is 10.3. The summed E-state index contributed by atoms with van der Waals surface area (Å²) in [6.07, 6.45) is 0. The first-order chi connectivity index (χ1) is 8.97. The number of nitrogens with two attached hydrogens (primary N) is 1. The molecule has 98 valence electrons. The molecule has 0 saturated carbocycles. The van der Waals surface area contributed by atoms with E-state index in [1.807, 2.05) is 44.2 Å². The topological polar surface area (TPSA) is 50.9 Å². The van der Waals surface area contributed by atoms with Gasteiger partial charge in [-0.1, -0.05) is 23.8 Å². The van der Waals surface area contributed by atoms with Crippen LogP contribution in [0.5, 0.6) is 0 Å². The summed E-state index contributed by atoms with van der Waals surface area (Å²) in [6, 6.07) is 9.34. The van der Waals surface area contributed by atoms with E-state index in [-0.39, 0.29) is 0 Å². The third-order valence-corrected chi connectivity index (χ3v) is 3.15. The van der Waals surface area contributed by atoms with E-state index in [9.17, 15) is 0 Å². The minimum absolute atomic E-state index is 0.335. The van der Waals surface area contributed by atoms with Gasteiger partial charge in [0.05, 0.1) is 5.56 Å². The van der Waals surface area contributed by atoms with Crippen molar-refractivity contribution in [1.82, 2.24) is 4.98 Å². The van der Waals surface area contributed by atoms with Gasteiger partial charge in [-0.05, 0) is 49.7 Å². The zero-order valence-electron chi connectivity index (χ0n) is 10.7. The Morgan fingerprint density at radius 3 is 2.47 bits per heavy atom. The lowest BCUT2D eigenvalue weighted by molar-refractivity contribution is 1.17. The van der Waals surface area contributed by atoms with E-state index in [1.54, 1.807) is 0 Å². The van der Waals surface area contributed by atoms with Crippen LogP contribution < -0.4 is 11.1 Å². The Hall–Kier alpha value is -1.65. The molecule has 3 nitrogen and oxygen atoms in total. The molecule has 0 aliphatic rings. The second-order valence-corrected chi connectivity index (χ2v) is 5.18. The molecule has 0 aliphatic heterocycles. The molecular weight excluding hydrogens is 278 g/mol. The summed E-state index contributed by atoms with van der Waals surface area (Å²) in [5.41, 5.74) is 9.36. The summed E-state index contributed by atoms with van der Waals surface area (Å²) in [5.74, 6) is 0.673. The Kier molecular flexibility index (Phi) is 4.02. The minimum atomic E-state index is 0.335. The van der Waals surface area contributed by atoms with Gasteiger partial charge < -0.3 is 11.1 Å². The monoisotopic (exact) mass is 291 g/mol. The number of pyridine rings is 1. The molecule has 0 unspecified atom stereocenters. The van der Waals surface area contributed by atoms with Gasteiger partial charge in [-0.2, -0.15) is 0 Å². The molecule has 2 aromatic rings. The van der Waals surface area contributed by atoms with Crippen molar-refractivity contribution in [1.29, 1.82) is 0 Å². The Bertz CT molecular complexity index is 623. The average molecular weight is 292 g/mol. The molecule has 0 amide bonds. The highest BCUT2D eigenvalue weighted by Crippen LogP contribution is 2.23. The van der Waals surface area contributed by atoms with Crippen molar-refractivity contribution in [3.8, 4) is 0 Å². The molecule has 5 heteroatoms. The highest BCUT2D eigenvalue weighted by molar-refractivity contribution is 7.80. The van der Waals surface area contributed by atoms with Crippen molar-refractivity contribution in [2.24, 2.45) is 5.73 Å². The largest absolute Gasteiger partial charge is 0.389 e. The number of hydrogen-bond donors (Lipinski definition) is 2. The highest BCUT2D eigenvalue weighted by atomic mass is 35.5. The van der Waals surface area contributed by atoms with Crippen molar-refractivity contribution < 1.29 is 0 Å². The SMILES string of the molecule is Cc1cc(C)c(C(N)=S)c(Nc2ccc(Cl)cc2)n1. The highest BCUT2D eigenvalue weighted by Gasteiger charge is 2.11. The number of halogens is 1. The van der Waals surface area contributed by atoms with Gasteiger partial charge >= 0.3 is 0 Å². The number of anilines is 2. The van der Waals surface area contributed by atoms with E-state index in [4.69, 9.17) is 29.6 Å². The lowest BCUT2D eigenvalue weighted by atomic mass is 10.1. The molecule has 2 rings (SSSR count). The Morgan fingerprint density at radius 2 is 1.89 bits per heavy atom. The van der Waals surface area contributed by atoms with E-state index in [0.29, 0.717) is 15.8 Å². The van der Waals surface area contributed by atoms with Crippen molar-refractivity contribution in [3.63, 3.8) is 0 Å². The van der Waals surface area contributed by atoms with Crippen LogP contribution in [0, 0.1) is 13.8 Å². The molecule has 1 aromatic carbocycles. The molecule has 3 N–H and O–H groups in total. The Balaban J connectivity index is 2.44. The van der Waals surface area contributed by atoms with Crippen molar-refractivity contribution in [2.45, 2.75) is 13.8 Å². The molecule has 1 heterocycles. The summed E-state index contributed by atoms with van der Waals surface area (Å²) in [6.45, 7) is 3.90. The summed E-state index contributed by atoms with van der Waals surface area (Å²) < 4.78 is 0. The first-order valence-electron chi connectivity index (χ1n) is 5.78. The number of nitrogens with zero attached hydrogens (tertiary/aromatic N) is 1. The number of hydrogen-bond acceptors (Lipinski definition) is 3. The van der Waals surface area contributed by atoms with E-state index < -0.39 is 0 Å². The van der Waals surface area contributed by atoms with Gasteiger partial charge in [-0.25, -0.2) is 4.98 Å². The predicted molar refractivity (Wildman–Crippen MR) is 84.3 cm³/mol. The minimum Gasteiger partial charge on any atom is -0.389 e. The quantitative estimate of drug-likeness (QED) is 0.846. The molecular formula is C14H14ClN3S. The van der Waals surface area contributed by atoms with Gasteiger partial charge in [0.1, 0.15) is 10.8 Å². The maximum absolute atomic E-state index is 5.86. The second kappa shape index (κ2) is 5.55. The molecule has 1 aromatic heterocycles. The number of rotatable bonds is 3. The van der Waals surface area contributed by atoms with Crippen LogP contribution >= 0.6 is 23.8 Å². The Labute approximate surface area is 122 Å². The van der Waals surface area contributed by atoms with E-state index in [0.717, 1.165) is 22.5 Å². The van der Waals surface area contributed by atoms with Crippen LogP contribution in [0.3, 0.4) is 0 Å². The number of aromatic nitrogens is 1. The number of nitrogens with one attached hydrogen (secondary N) is 1. The van der Waals surface area contributed by atoms with Gasteiger partial charge in [-0.3, -0.25) is 0 Å². The van der Waals surface area contributed by atoms with Crippen LogP contribution in [0.2, 0.25) is 5.02 Å². The third-order valence-electron chi connectivity index (χ3n) is 2.70. The summed E-state index contributed by atoms with van der Waals surface area (Å²) in [5, 5.41) is 3.91. The summed E-state index contributed by atoms with van der Waals surface area (Å²) >= 11 is 11.0. The van der Waals surface area contributed by atoms with Gasteiger partial charge in [0.2, 0.25) is 0 Å². The lowest BCUT2D eigenvalue weighted by Crippen LogP contribution is -2.15. The molecule has 0 aliphatic carbocycles. The van der Waals surface area contributed by atoms with Crippen LogP contribution in [0.1, 0.15) is 16.8 Å². The zero-order chi connectivity index (χ0) is 14.0. The third kappa shape index (κ3) is 3.22. The molecule has 0 saturated heterocycles. The second-order valence-electron chi connectivity index (χ2n) is 4.30. The molecule has 0 fully saturated rings. The fourth-order valence-corrected chi connectivity index (χ4v) is 2.29. The van der Waals surface area contributed by atoms with Crippen LogP contribution in [0.25, 0.3) is 0 Å². The predicted octanol–water partition coefficient (Wildman–Crippen LogP) is 3.73. The molecule has 0 radical (unpaired) electrons. The van der Waals surface area contributed by atoms with Gasteiger partial charge in [-0.15, -0.1) is 0 Å². The van der Waals surface area contributed by atoms with E-state index in [1.165, 1.54) is 0 Å². The van der Waals surface area contributed by atoms with Crippen molar-refractivity contribution in [2.75, 3.05) is 5.32 Å². The fourth-order valence-electron chi connectivity index (χ4n) is 1.91. The van der Waals surface area contributed by atoms with Crippen LogP contribution in [0.4, 0.5) is 11.5 Å². The zero-order valence-corrected chi connectivity index (χ0v) is 12.3. The maximum Gasteiger partial charge on any atom is 0.141 e. The Morgan fingerprint density at radius 1 is 1.26 bits per heavy atom. The van der Waals surface area contributed by atoms with E-state index in [2.05, 4.69) is 10.3 Å². The van der Waals surface area contributed by atoms with Crippen molar-refractivity contribution >= 4 is 40.3 Å². The summed E-state index contributed by atoms with van der Waals surface area (Å²) in [7, 11) is 0. The fraction of sp³-hybridized carbons (Fsp3) is 0.143. The molecule has 0 spiro atoms. The average Bonchev–Trinajstić information content (AvgIpc) is 2.30. The number of benzene rings is 1. The summed E-state index contributed by atoms with van der Waals surface area (Å²) in [4.78, 5) is 4.80. The van der Waals surface area contributed by atoms with Crippen LogP contribution in [-0.4, -0.2) is 9.97 Å². The lowest BCUT2D eigenvalue weighted by Gasteiger charge is -2.13. The molecule has 0 bridgehead atoms. The van der Waals surface area contributed by atoms with Crippen molar-refractivity contribution in [3.05, 3.63) is 52.2 Å². The van der Waals surface area contributed by atoms with Crippen LogP contribution in [0.15, 0.2) is 30.3 Å². The smallest absolute Gasteiger partial charge is 0.141 e. The van der Waals surface area contributed by atoms with E-state index >= 15 is 0 Å². The first-order valence-corrected chi connectivity index (χ1v) is 6.56. The van der Waals surface area contributed by atoms with Gasteiger partial charge in [0, 0.05) is 16.4 Å². The molecule has 0 atom stereocenters. The maximum atomic E-state index is 5.86. The first kappa shape index (κ1) is 13.8. The number of aryl methyl sites for hydroxylation is 2. The van der Waals surface area contributed by atoms with Crippen LogP contribution in [-0.2, 0) is 0 Å². The van der Waals surface area contributed by atoms with Gasteiger partial charge in [0.15, 0.2) is 0 Å². The standard InChI is InChI=1S/C14H14ClN3S/c1-8-7-9(2)17-14(12(8)13(16)19)18-11-5-3-10(15)4-6-11/h3-7H,1-2H3,(H2,16,19)(H,17,18). The number of thiocarbonyl (C=S) groups is 1.